The van der Waals surface area contributed by atoms with Crippen LogP contribution in [0.2, 0.25) is 0 Å². The third-order valence-corrected chi connectivity index (χ3v) is 5.26. The Hall–Kier alpha value is -4.07. The van der Waals surface area contributed by atoms with Crippen LogP contribution in [0.4, 0.5) is 10.2 Å². The predicted octanol–water partition coefficient (Wildman–Crippen LogP) is 4.28. The summed E-state index contributed by atoms with van der Waals surface area (Å²) in [5.74, 6) is 0.477. The Kier molecular flexibility index (Phi) is 4.47. The minimum absolute atomic E-state index is 0.0333. The van der Waals surface area contributed by atoms with E-state index in [1.165, 1.54) is 17.0 Å². The lowest BCUT2D eigenvalue weighted by Gasteiger charge is -2.20. The fourth-order valence-electron chi connectivity index (χ4n) is 3.70. The number of H-pyrrole nitrogens is 1. The van der Waals surface area contributed by atoms with Crippen molar-refractivity contribution in [1.29, 1.82) is 0 Å². The summed E-state index contributed by atoms with van der Waals surface area (Å²) in [6, 6.07) is 13.4. The van der Waals surface area contributed by atoms with Gasteiger partial charge in [0.25, 0.3) is 5.56 Å². The summed E-state index contributed by atoms with van der Waals surface area (Å²) >= 11 is 0. The molecular weight excluding hydrogens is 395 g/mol. The van der Waals surface area contributed by atoms with Gasteiger partial charge in [0, 0.05) is 6.20 Å². The van der Waals surface area contributed by atoms with Gasteiger partial charge in [0.15, 0.2) is 0 Å². The molecule has 0 spiro atoms. The van der Waals surface area contributed by atoms with E-state index in [9.17, 15) is 9.18 Å². The van der Waals surface area contributed by atoms with Gasteiger partial charge in [0.2, 0.25) is 0 Å². The predicted molar refractivity (Wildman–Crippen MR) is 118 cm³/mol. The maximum absolute atomic E-state index is 14.5. The van der Waals surface area contributed by atoms with Gasteiger partial charge >= 0.3 is 0 Å². The van der Waals surface area contributed by atoms with Gasteiger partial charge in [-0.15, -0.1) is 0 Å². The molecule has 0 amide bonds. The maximum atomic E-state index is 14.5. The van der Waals surface area contributed by atoms with Crippen LogP contribution in [0.15, 0.2) is 65.8 Å². The summed E-state index contributed by atoms with van der Waals surface area (Å²) < 4.78 is 16.0. The third-order valence-electron chi connectivity index (χ3n) is 5.26. The molecule has 0 aliphatic rings. The molecule has 0 radical (unpaired) electrons. The van der Waals surface area contributed by atoms with Crippen LogP contribution < -0.4 is 10.9 Å². The van der Waals surface area contributed by atoms with Crippen molar-refractivity contribution in [3.8, 4) is 5.69 Å². The Morgan fingerprint density at radius 3 is 2.71 bits per heavy atom. The number of aryl methyl sites for hydroxylation is 1. The minimum Gasteiger partial charge on any atom is -0.360 e. The first-order valence-corrected chi connectivity index (χ1v) is 9.86. The van der Waals surface area contributed by atoms with E-state index in [1.54, 1.807) is 18.3 Å². The highest BCUT2D eigenvalue weighted by Crippen LogP contribution is 2.25. The number of hydrogen-bond donors (Lipinski definition) is 2. The fourth-order valence-corrected chi connectivity index (χ4v) is 3.70. The van der Waals surface area contributed by atoms with Crippen molar-refractivity contribution in [1.82, 2.24) is 24.5 Å². The molecule has 0 unspecified atom stereocenters. The molecular formula is C23H19FN6O. The van der Waals surface area contributed by atoms with Crippen LogP contribution >= 0.6 is 0 Å². The van der Waals surface area contributed by atoms with E-state index in [2.05, 4.69) is 25.3 Å². The maximum Gasteiger partial charge on any atom is 0.269 e. The molecule has 2 aromatic carbocycles. The average molecular weight is 414 g/mol. The number of rotatable bonds is 4. The summed E-state index contributed by atoms with van der Waals surface area (Å²) in [6.07, 6.45) is 3.25. The van der Waals surface area contributed by atoms with Crippen LogP contribution in [0.25, 0.3) is 27.6 Å². The molecule has 3 heterocycles. The molecule has 5 rings (SSSR count). The monoisotopic (exact) mass is 414 g/mol. The SMILES string of the molecule is Cc1ccc(-n2c([C@H](C)Nc3ncnc4[nH]ccc34)nc3cccc(F)c3c2=O)cc1. The third kappa shape index (κ3) is 3.22. The smallest absolute Gasteiger partial charge is 0.269 e. The van der Waals surface area contributed by atoms with E-state index in [4.69, 9.17) is 0 Å². The summed E-state index contributed by atoms with van der Waals surface area (Å²) in [7, 11) is 0. The Labute approximate surface area is 176 Å². The zero-order valence-electron chi connectivity index (χ0n) is 16.9. The van der Waals surface area contributed by atoms with Crippen molar-refractivity contribution < 1.29 is 4.39 Å². The van der Waals surface area contributed by atoms with Crippen LogP contribution in [-0.4, -0.2) is 24.5 Å². The van der Waals surface area contributed by atoms with Gasteiger partial charge < -0.3 is 10.3 Å². The van der Waals surface area contributed by atoms with E-state index < -0.39 is 17.4 Å². The zero-order valence-corrected chi connectivity index (χ0v) is 16.9. The van der Waals surface area contributed by atoms with E-state index >= 15 is 0 Å². The Morgan fingerprint density at radius 2 is 1.90 bits per heavy atom. The molecule has 0 bridgehead atoms. The van der Waals surface area contributed by atoms with Gasteiger partial charge in [0.1, 0.15) is 34.8 Å². The topological polar surface area (TPSA) is 88.5 Å². The van der Waals surface area contributed by atoms with Gasteiger partial charge in [-0.2, -0.15) is 0 Å². The minimum atomic E-state index is -0.590. The number of halogens is 1. The van der Waals surface area contributed by atoms with Gasteiger partial charge in [0.05, 0.1) is 22.6 Å². The number of nitrogens with one attached hydrogen (secondary N) is 2. The molecule has 1 atom stereocenters. The standard InChI is InChI=1S/C23H19FN6O/c1-13-6-8-15(9-7-13)30-22(29-18-5-3-4-17(24)19(18)23(30)31)14(2)28-21-16-10-11-25-20(16)26-12-27-21/h3-12,14H,1-2H3,(H2,25,26,27,28)/t14-/m0/s1. The van der Waals surface area contributed by atoms with Crippen molar-refractivity contribution in [2.75, 3.05) is 5.32 Å². The van der Waals surface area contributed by atoms with E-state index in [0.717, 1.165) is 10.9 Å². The quantitative estimate of drug-likeness (QED) is 0.458. The summed E-state index contributed by atoms with van der Waals surface area (Å²) in [5, 5.41) is 4.12. The first kappa shape index (κ1) is 18.9. The number of aromatic amines is 1. The highest BCUT2D eigenvalue weighted by atomic mass is 19.1. The summed E-state index contributed by atoms with van der Waals surface area (Å²) in [6.45, 7) is 3.85. The second-order valence-electron chi connectivity index (χ2n) is 7.41. The normalized spacial score (nSPS) is 12.4. The number of aromatic nitrogens is 5. The lowest BCUT2D eigenvalue weighted by atomic mass is 10.1. The van der Waals surface area contributed by atoms with E-state index in [-0.39, 0.29) is 5.39 Å². The van der Waals surface area contributed by atoms with Gasteiger partial charge in [-0.3, -0.25) is 9.36 Å². The van der Waals surface area contributed by atoms with Crippen molar-refractivity contribution in [3.63, 3.8) is 0 Å². The Bertz CT molecular complexity index is 1470. The molecule has 0 saturated carbocycles. The molecule has 8 heteroatoms. The lowest BCUT2D eigenvalue weighted by molar-refractivity contribution is 0.635. The molecule has 31 heavy (non-hydrogen) atoms. The number of fused-ring (bicyclic) bond motifs is 2. The number of anilines is 1. The molecule has 0 saturated heterocycles. The first-order chi connectivity index (χ1) is 15.0. The average Bonchev–Trinajstić information content (AvgIpc) is 3.24. The Balaban J connectivity index is 1.71. The lowest BCUT2D eigenvalue weighted by Crippen LogP contribution is -2.28. The Morgan fingerprint density at radius 1 is 1.10 bits per heavy atom. The molecule has 2 N–H and O–H groups in total. The van der Waals surface area contributed by atoms with Gasteiger partial charge in [-0.1, -0.05) is 23.8 Å². The molecule has 5 aromatic rings. The van der Waals surface area contributed by atoms with Crippen molar-refractivity contribution >= 4 is 27.8 Å². The molecule has 154 valence electrons. The fraction of sp³-hybridized carbons (Fsp3) is 0.130. The second kappa shape index (κ2) is 7.32. The van der Waals surface area contributed by atoms with E-state index in [0.29, 0.717) is 28.5 Å². The summed E-state index contributed by atoms with van der Waals surface area (Å²) in [4.78, 5) is 29.7. The number of nitrogens with zero attached hydrogens (tertiary/aromatic N) is 4. The van der Waals surface area contributed by atoms with Crippen molar-refractivity contribution in [3.05, 3.63) is 88.6 Å². The first-order valence-electron chi connectivity index (χ1n) is 9.86. The van der Waals surface area contributed by atoms with Gasteiger partial charge in [-0.05, 0) is 44.2 Å². The number of hydrogen-bond acceptors (Lipinski definition) is 5. The molecule has 3 aromatic heterocycles. The van der Waals surface area contributed by atoms with Gasteiger partial charge in [-0.25, -0.2) is 19.3 Å². The zero-order chi connectivity index (χ0) is 21.5. The highest BCUT2D eigenvalue weighted by Gasteiger charge is 2.20. The van der Waals surface area contributed by atoms with Crippen LogP contribution in [0.1, 0.15) is 24.4 Å². The van der Waals surface area contributed by atoms with Crippen LogP contribution in [0.3, 0.4) is 0 Å². The largest absolute Gasteiger partial charge is 0.360 e. The second-order valence-corrected chi connectivity index (χ2v) is 7.41. The molecule has 0 aliphatic heterocycles. The van der Waals surface area contributed by atoms with Crippen molar-refractivity contribution in [2.24, 2.45) is 0 Å². The summed E-state index contributed by atoms with van der Waals surface area (Å²) in [5.41, 5.74) is 2.23. The van der Waals surface area contributed by atoms with Crippen LogP contribution in [0.5, 0.6) is 0 Å². The molecule has 0 aliphatic carbocycles. The molecule has 0 fully saturated rings. The molecule has 7 nitrogen and oxygen atoms in total. The van der Waals surface area contributed by atoms with Crippen LogP contribution in [-0.2, 0) is 0 Å². The van der Waals surface area contributed by atoms with Crippen molar-refractivity contribution in [2.45, 2.75) is 19.9 Å². The van der Waals surface area contributed by atoms with Crippen LogP contribution in [0, 0.1) is 12.7 Å². The highest BCUT2D eigenvalue weighted by molar-refractivity contribution is 5.86. The van der Waals surface area contributed by atoms with E-state index in [1.807, 2.05) is 44.2 Å². The number of benzene rings is 2.